The zero-order valence-electron chi connectivity index (χ0n) is 6.96. The van der Waals surface area contributed by atoms with Crippen LogP contribution in [0.4, 0.5) is 0 Å². The van der Waals surface area contributed by atoms with Crippen molar-refractivity contribution in [2.45, 2.75) is 6.61 Å². The lowest BCUT2D eigenvalue weighted by Gasteiger charge is -2.03. The van der Waals surface area contributed by atoms with Gasteiger partial charge >= 0.3 is 0 Å². The van der Waals surface area contributed by atoms with Gasteiger partial charge in [-0.25, -0.2) is 4.98 Å². The van der Waals surface area contributed by atoms with Crippen LogP contribution in [0.25, 0.3) is 0 Å². The van der Waals surface area contributed by atoms with E-state index >= 15 is 0 Å². The molecule has 1 aromatic rings. The number of halogens is 2. The van der Waals surface area contributed by atoms with Crippen LogP contribution in [0.2, 0.25) is 10.2 Å². The molecule has 0 saturated heterocycles. The topological polar surface area (TPSA) is 22.1 Å². The van der Waals surface area contributed by atoms with Crippen molar-refractivity contribution in [1.29, 1.82) is 0 Å². The van der Waals surface area contributed by atoms with Crippen LogP contribution in [-0.4, -0.2) is 11.6 Å². The van der Waals surface area contributed by atoms with E-state index in [2.05, 4.69) is 11.6 Å². The van der Waals surface area contributed by atoms with Gasteiger partial charge in [-0.1, -0.05) is 29.3 Å². The summed E-state index contributed by atoms with van der Waals surface area (Å²) < 4.78 is 5.20. The Kier molecular flexibility index (Phi) is 4.22. The van der Waals surface area contributed by atoms with E-state index in [1.807, 2.05) is 0 Å². The van der Waals surface area contributed by atoms with Crippen LogP contribution in [0.15, 0.2) is 24.9 Å². The summed E-state index contributed by atoms with van der Waals surface area (Å²) in [5.74, 6) is 0. The Bertz CT molecular complexity index is 302. The quantitative estimate of drug-likeness (QED) is 0.440. The molecule has 0 bridgehead atoms. The Hall–Kier alpha value is -0.570. The third-order valence-electron chi connectivity index (χ3n) is 1.39. The summed E-state index contributed by atoms with van der Waals surface area (Å²) in [7, 11) is 0. The van der Waals surface area contributed by atoms with Gasteiger partial charge in [0.25, 0.3) is 0 Å². The molecule has 0 aromatic carbocycles. The van der Waals surface area contributed by atoms with Crippen molar-refractivity contribution < 1.29 is 4.74 Å². The van der Waals surface area contributed by atoms with Crippen LogP contribution in [0.3, 0.4) is 0 Å². The summed E-state index contributed by atoms with van der Waals surface area (Å²) in [4.78, 5) is 3.89. The standard InChI is InChI=1S/C9H9Cl2NO/c1-2-3-13-6-7-5-12-9(11)4-8(7)10/h2,4-5H,1,3,6H2. The van der Waals surface area contributed by atoms with Crippen molar-refractivity contribution in [3.8, 4) is 0 Å². The number of rotatable bonds is 4. The fourth-order valence-corrected chi connectivity index (χ4v) is 1.21. The predicted molar refractivity (Wildman–Crippen MR) is 54.1 cm³/mol. The predicted octanol–water partition coefficient (Wildman–Crippen LogP) is 3.09. The van der Waals surface area contributed by atoms with Gasteiger partial charge in [-0.2, -0.15) is 0 Å². The second-order valence-corrected chi connectivity index (χ2v) is 3.20. The molecule has 0 spiro atoms. The van der Waals surface area contributed by atoms with E-state index in [1.54, 1.807) is 18.3 Å². The zero-order valence-corrected chi connectivity index (χ0v) is 8.48. The zero-order chi connectivity index (χ0) is 9.68. The highest BCUT2D eigenvalue weighted by Gasteiger charge is 2.01. The SMILES string of the molecule is C=CCOCc1cnc(Cl)cc1Cl. The Balaban J connectivity index is 2.61. The van der Waals surface area contributed by atoms with Crippen molar-refractivity contribution >= 4 is 23.2 Å². The maximum absolute atomic E-state index is 5.88. The number of hydrogen-bond donors (Lipinski definition) is 0. The monoisotopic (exact) mass is 217 g/mol. The van der Waals surface area contributed by atoms with Gasteiger partial charge in [0.05, 0.1) is 18.2 Å². The second kappa shape index (κ2) is 5.22. The lowest BCUT2D eigenvalue weighted by Crippen LogP contribution is -1.94. The van der Waals surface area contributed by atoms with Crippen LogP contribution in [0.1, 0.15) is 5.56 Å². The molecular weight excluding hydrogens is 209 g/mol. The summed E-state index contributed by atoms with van der Waals surface area (Å²) in [6.45, 7) is 4.46. The largest absolute Gasteiger partial charge is 0.373 e. The van der Waals surface area contributed by atoms with E-state index in [4.69, 9.17) is 27.9 Å². The van der Waals surface area contributed by atoms with Crippen molar-refractivity contribution in [2.24, 2.45) is 0 Å². The third kappa shape index (κ3) is 3.35. The fourth-order valence-electron chi connectivity index (χ4n) is 0.794. The molecule has 13 heavy (non-hydrogen) atoms. The van der Waals surface area contributed by atoms with Crippen molar-refractivity contribution in [3.05, 3.63) is 40.7 Å². The average molecular weight is 218 g/mol. The van der Waals surface area contributed by atoms with Crippen LogP contribution in [0, 0.1) is 0 Å². The molecule has 0 amide bonds. The van der Waals surface area contributed by atoms with Gasteiger partial charge in [-0.05, 0) is 6.07 Å². The third-order valence-corrected chi connectivity index (χ3v) is 1.95. The van der Waals surface area contributed by atoms with Crippen LogP contribution in [-0.2, 0) is 11.3 Å². The molecule has 4 heteroatoms. The van der Waals surface area contributed by atoms with Crippen LogP contribution >= 0.6 is 23.2 Å². The highest BCUT2D eigenvalue weighted by atomic mass is 35.5. The van der Waals surface area contributed by atoms with Gasteiger partial charge < -0.3 is 4.74 Å². The Labute approximate surface area is 87.1 Å². The van der Waals surface area contributed by atoms with E-state index < -0.39 is 0 Å². The minimum atomic E-state index is 0.387. The van der Waals surface area contributed by atoms with E-state index in [9.17, 15) is 0 Å². The molecule has 0 aliphatic heterocycles. The molecule has 1 aromatic heterocycles. The number of ether oxygens (including phenoxy) is 1. The molecule has 70 valence electrons. The molecule has 0 aliphatic carbocycles. The Morgan fingerprint density at radius 3 is 2.92 bits per heavy atom. The number of nitrogens with zero attached hydrogens (tertiary/aromatic N) is 1. The number of aromatic nitrogens is 1. The Morgan fingerprint density at radius 1 is 1.54 bits per heavy atom. The maximum atomic E-state index is 5.88. The lowest BCUT2D eigenvalue weighted by molar-refractivity contribution is 0.148. The van der Waals surface area contributed by atoms with Crippen molar-refractivity contribution in [1.82, 2.24) is 4.98 Å². The summed E-state index contributed by atoms with van der Waals surface area (Å²) in [5.41, 5.74) is 0.827. The maximum Gasteiger partial charge on any atom is 0.130 e. The van der Waals surface area contributed by atoms with Crippen molar-refractivity contribution in [2.75, 3.05) is 6.61 Å². The van der Waals surface area contributed by atoms with E-state index in [0.29, 0.717) is 23.4 Å². The highest BCUT2D eigenvalue weighted by Crippen LogP contribution is 2.18. The van der Waals surface area contributed by atoms with Gasteiger partial charge in [0.2, 0.25) is 0 Å². The number of hydrogen-bond acceptors (Lipinski definition) is 2. The molecular formula is C9H9Cl2NO. The fraction of sp³-hybridized carbons (Fsp3) is 0.222. The van der Waals surface area contributed by atoms with E-state index in [1.165, 1.54) is 0 Å². The van der Waals surface area contributed by atoms with Gasteiger partial charge in [-0.15, -0.1) is 6.58 Å². The molecule has 0 N–H and O–H groups in total. The number of pyridine rings is 1. The smallest absolute Gasteiger partial charge is 0.130 e. The average Bonchev–Trinajstić information content (AvgIpc) is 2.09. The summed E-state index contributed by atoms with van der Waals surface area (Å²) in [6, 6.07) is 1.59. The van der Waals surface area contributed by atoms with E-state index in [0.717, 1.165) is 5.56 Å². The second-order valence-electron chi connectivity index (χ2n) is 2.40. The molecule has 1 rings (SSSR count). The first-order valence-electron chi connectivity index (χ1n) is 3.72. The first-order chi connectivity index (χ1) is 6.24. The first-order valence-corrected chi connectivity index (χ1v) is 4.48. The van der Waals surface area contributed by atoms with E-state index in [-0.39, 0.29) is 0 Å². The van der Waals surface area contributed by atoms with Crippen molar-refractivity contribution in [3.63, 3.8) is 0 Å². The van der Waals surface area contributed by atoms with Crippen LogP contribution < -0.4 is 0 Å². The van der Waals surface area contributed by atoms with Gasteiger partial charge in [0.1, 0.15) is 5.15 Å². The lowest BCUT2D eigenvalue weighted by atomic mass is 10.3. The molecule has 0 unspecified atom stereocenters. The first kappa shape index (κ1) is 10.5. The molecule has 0 radical (unpaired) electrons. The highest BCUT2D eigenvalue weighted by molar-refractivity contribution is 6.34. The summed E-state index contributed by atoms with van der Waals surface area (Å²) >= 11 is 11.5. The normalized spacial score (nSPS) is 10.0. The minimum absolute atomic E-state index is 0.387. The van der Waals surface area contributed by atoms with Gasteiger partial charge in [0.15, 0.2) is 0 Å². The summed E-state index contributed by atoms with van der Waals surface area (Å²) in [5, 5.41) is 0.960. The summed E-state index contributed by atoms with van der Waals surface area (Å²) in [6.07, 6.45) is 3.28. The van der Waals surface area contributed by atoms with Crippen LogP contribution in [0.5, 0.6) is 0 Å². The van der Waals surface area contributed by atoms with Gasteiger partial charge in [-0.3, -0.25) is 0 Å². The molecule has 1 heterocycles. The molecule has 0 saturated carbocycles. The van der Waals surface area contributed by atoms with Gasteiger partial charge in [0, 0.05) is 11.8 Å². The molecule has 0 aliphatic rings. The Morgan fingerprint density at radius 2 is 2.31 bits per heavy atom. The molecule has 2 nitrogen and oxygen atoms in total. The molecule has 0 atom stereocenters. The molecule has 0 fully saturated rings. The minimum Gasteiger partial charge on any atom is -0.373 e.